The predicted octanol–water partition coefficient (Wildman–Crippen LogP) is 6.15. The summed E-state index contributed by atoms with van der Waals surface area (Å²) < 4.78 is 40.3. The summed E-state index contributed by atoms with van der Waals surface area (Å²) in [6.45, 7) is 0. The van der Waals surface area contributed by atoms with Gasteiger partial charge in [0.2, 0.25) is 16.0 Å². The minimum Gasteiger partial charge on any atom is -0.418 e. The fourth-order valence-electron chi connectivity index (χ4n) is 1.93. The molecule has 3 aromatic rings. The standard InChI is InChI=1S/C15H11S.BF4/c1-2-6-12(7-3-1)13-10-11-16-15-9-5-4-8-14(13)15;2-1(3,4)5/h1-11H;/q+1;-1. The van der Waals surface area contributed by atoms with Gasteiger partial charge in [0.25, 0.3) is 0 Å². The molecule has 0 radical (unpaired) electrons. The lowest BCUT2D eigenvalue weighted by Gasteiger charge is -2.01. The molecule has 0 unspecified atom stereocenters. The zero-order chi connectivity index (χ0) is 15.3. The Bertz CT molecular complexity index is 702. The van der Waals surface area contributed by atoms with E-state index in [2.05, 4.69) is 66.0 Å². The van der Waals surface area contributed by atoms with Crippen molar-refractivity contribution in [1.82, 2.24) is 0 Å². The van der Waals surface area contributed by atoms with E-state index >= 15 is 0 Å². The second-order valence-electron chi connectivity index (χ2n) is 4.19. The van der Waals surface area contributed by atoms with Crippen LogP contribution in [-0.2, 0) is 0 Å². The van der Waals surface area contributed by atoms with Crippen molar-refractivity contribution < 1.29 is 17.3 Å². The van der Waals surface area contributed by atoms with Gasteiger partial charge in [0.15, 0.2) is 5.38 Å². The van der Waals surface area contributed by atoms with E-state index < -0.39 is 7.25 Å². The first-order chi connectivity index (χ1) is 9.95. The van der Waals surface area contributed by atoms with Gasteiger partial charge in [-0.15, -0.1) is 0 Å². The van der Waals surface area contributed by atoms with E-state index in [0.29, 0.717) is 0 Å². The Kier molecular flexibility index (Phi) is 4.91. The van der Waals surface area contributed by atoms with Gasteiger partial charge in [-0.25, -0.2) is 0 Å². The number of hydrogen-bond donors (Lipinski definition) is 0. The van der Waals surface area contributed by atoms with Gasteiger partial charge in [-0.05, 0) is 17.2 Å². The van der Waals surface area contributed by atoms with Crippen molar-refractivity contribution in [3.05, 3.63) is 66.0 Å². The van der Waals surface area contributed by atoms with E-state index in [0.717, 1.165) is 0 Å². The highest BCUT2D eigenvalue weighted by Crippen LogP contribution is 2.30. The molecule has 0 aliphatic carbocycles. The fraction of sp³-hybridized carbons (Fsp3) is 0. The number of rotatable bonds is 1. The Morgan fingerprint density at radius 1 is 0.714 bits per heavy atom. The van der Waals surface area contributed by atoms with Crippen LogP contribution in [0.4, 0.5) is 17.3 Å². The summed E-state index contributed by atoms with van der Waals surface area (Å²) in [6, 6.07) is 21.3. The van der Waals surface area contributed by atoms with Crippen LogP contribution in [0.15, 0.2) is 66.0 Å². The van der Waals surface area contributed by atoms with Crippen LogP contribution in [0.5, 0.6) is 0 Å². The minimum absolute atomic E-state index is 1.28. The molecule has 1 heterocycles. The second-order valence-corrected chi connectivity index (χ2v) is 5.14. The van der Waals surface area contributed by atoms with Crippen molar-refractivity contribution >= 4 is 28.7 Å². The number of hydrogen-bond acceptors (Lipinski definition) is 0. The highest BCUT2D eigenvalue weighted by molar-refractivity contribution is 7.16. The Morgan fingerprint density at radius 3 is 1.95 bits per heavy atom. The highest BCUT2D eigenvalue weighted by Gasteiger charge is 2.20. The number of fused-ring (bicyclic) bond motifs is 1. The zero-order valence-electron chi connectivity index (χ0n) is 10.8. The van der Waals surface area contributed by atoms with E-state index in [-0.39, 0.29) is 0 Å². The van der Waals surface area contributed by atoms with Gasteiger partial charge >= 0.3 is 7.25 Å². The summed E-state index contributed by atoms with van der Waals surface area (Å²) >= 11 is 1.79. The van der Waals surface area contributed by atoms with Gasteiger partial charge < -0.3 is 17.3 Å². The molecule has 0 fully saturated rings. The van der Waals surface area contributed by atoms with E-state index in [1.54, 1.807) is 11.3 Å². The first-order valence-corrected chi connectivity index (χ1v) is 7.05. The minimum atomic E-state index is -6.00. The normalized spacial score (nSPS) is 10.9. The third-order valence-corrected chi connectivity index (χ3v) is 3.57. The monoisotopic (exact) mass is 310 g/mol. The summed E-state index contributed by atoms with van der Waals surface area (Å²) in [7, 11) is -6.00. The Balaban J connectivity index is 0.000000282. The predicted molar refractivity (Wildman–Crippen MR) is 81.9 cm³/mol. The average Bonchev–Trinajstić information content (AvgIpc) is 2.46. The molecule has 108 valence electrons. The molecule has 0 saturated carbocycles. The first-order valence-electron chi connectivity index (χ1n) is 6.17. The van der Waals surface area contributed by atoms with E-state index in [1.807, 2.05) is 0 Å². The first kappa shape index (κ1) is 15.4. The fourth-order valence-corrected chi connectivity index (χ4v) is 2.74. The summed E-state index contributed by atoms with van der Waals surface area (Å²) in [5.41, 5.74) is 2.60. The molecule has 0 bridgehead atoms. The lowest BCUT2D eigenvalue weighted by molar-refractivity contribution is 0.368. The van der Waals surface area contributed by atoms with Crippen LogP contribution in [-0.4, -0.2) is 7.25 Å². The van der Waals surface area contributed by atoms with Gasteiger partial charge in [-0.2, -0.15) is 0 Å². The number of benzene rings is 2. The molecule has 21 heavy (non-hydrogen) atoms. The number of halogens is 4. The zero-order valence-corrected chi connectivity index (χ0v) is 11.7. The lowest BCUT2D eigenvalue weighted by atomic mass is 10.0. The highest BCUT2D eigenvalue weighted by atomic mass is 32.1. The molecule has 0 spiro atoms. The van der Waals surface area contributed by atoms with E-state index in [1.165, 1.54) is 21.2 Å². The Hall–Kier alpha value is -1.95. The molecule has 2 aromatic carbocycles. The third-order valence-electron chi connectivity index (χ3n) is 2.69. The smallest absolute Gasteiger partial charge is 0.418 e. The summed E-state index contributed by atoms with van der Waals surface area (Å²) in [5, 5.41) is 3.49. The Labute approximate surface area is 123 Å². The molecule has 0 amide bonds. The second kappa shape index (κ2) is 6.67. The molecule has 0 N–H and O–H groups in total. The molecule has 0 nitrogen and oxygen atoms in total. The van der Waals surface area contributed by atoms with Crippen molar-refractivity contribution in [2.75, 3.05) is 0 Å². The van der Waals surface area contributed by atoms with Gasteiger partial charge in [0.1, 0.15) is 0 Å². The van der Waals surface area contributed by atoms with Crippen LogP contribution in [0.2, 0.25) is 0 Å². The molecule has 1 aromatic heterocycles. The van der Waals surface area contributed by atoms with Crippen LogP contribution in [0, 0.1) is 0 Å². The molecular formula is C15H11BF4S. The maximum absolute atomic E-state index is 9.75. The average molecular weight is 310 g/mol. The van der Waals surface area contributed by atoms with Gasteiger partial charge in [-0.3, -0.25) is 0 Å². The molecule has 6 heteroatoms. The summed E-state index contributed by atoms with van der Waals surface area (Å²) in [5.74, 6) is 0. The topological polar surface area (TPSA) is 0 Å². The van der Waals surface area contributed by atoms with Gasteiger partial charge in [0.05, 0.1) is 0 Å². The molecule has 3 rings (SSSR count). The van der Waals surface area contributed by atoms with E-state index in [9.17, 15) is 17.3 Å². The van der Waals surface area contributed by atoms with Crippen molar-refractivity contribution in [2.45, 2.75) is 0 Å². The maximum Gasteiger partial charge on any atom is 0.673 e. The Morgan fingerprint density at radius 2 is 1.29 bits per heavy atom. The third kappa shape index (κ3) is 4.83. The molecular weight excluding hydrogens is 299 g/mol. The van der Waals surface area contributed by atoms with Crippen LogP contribution in [0.25, 0.3) is 21.2 Å². The molecule has 0 aliphatic heterocycles. The van der Waals surface area contributed by atoms with Crippen molar-refractivity contribution in [1.29, 1.82) is 0 Å². The van der Waals surface area contributed by atoms with Gasteiger partial charge in [-0.1, -0.05) is 42.5 Å². The van der Waals surface area contributed by atoms with Crippen LogP contribution in [0.1, 0.15) is 0 Å². The van der Waals surface area contributed by atoms with Crippen molar-refractivity contribution in [3.8, 4) is 11.1 Å². The molecule has 0 aliphatic rings. The lowest BCUT2D eigenvalue weighted by Crippen LogP contribution is -2.02. The van der Waals surface area contributed by atoms with Crippen LogP contribution < -0.4 is 0 Å². The quantitative estimate of drug-likeness (QED) is 0.287. The van der Waals surface area contributed by atoms with Crippen LogP contribution >= 0.6 is 11.3 Å². The van der Waals surface area contributed by atoms with Crippen molar-refractivity contribution in [2.24, 2.45) is 0 Å². The van der Waals surface area contributed by atoms with Crippen LogP contribution in [0.3, 0.4) is 0 Å². The van der Waals surface area contributed by atoms with Gasteiger partial charge in [0, 0.05) is 17.5 Å². The summed E-state index contributed by atoms with van der Waals surface area (Å²) in [4.78, 5) is 0. The molecule has 0 atom stereocenters. The SMILES string of the molecule is F[B-](F)(F)F.c1ccc(-c2cc[s+]c3ccccc23)cc1. The largest absolute Gasteiger partial charge is 0.673 e. The molecule has 0 saturated heterocycles. The summed E-state index contributed by atoms with van der Waals surface area (Å²) in [6.07, 6.45) is 0. The van der Waals surface area contributed by atoms with Crippen molar-refractivity contribution in [3.63, 3.8) is 0 Å². The van der Waals surface area contributed by atoms with E-state index in [4.69, 9.17) is 0 Å². The maximum atomic E-state index is 9.75.